The van der Waals surface area contributed by atoms with Crippen molar-refractivity contribution in [1.82, 2.24) is 20.1 Å². The first kappa shape index (κ1) is 12.3. The lowest BCUT2D eigenvalue weighted by molar-refractivity contribution is 0.0950. The zero-order chi connectivity index (χ0) is 13.0. The third kappa shape index (κ3) is 2.92. The fourth-order valence-electron chi connectivity index (χ4n) is 1.58. The monoisotopic (exact) mass is 245 g/mol. The fourth-order valence-corrected chi connectivity index (χ4v) is 1.58. The molecule has 2 heterocycles. The molecule has 0 aliphatic rings. The van der Waals surface area contributed by atoms with Gasteiger partial charge in [0.2, 0.25) is 0 Å². The van der Waals surface area contributed by atoms with Gasteiger partial charge < -0.3 is 11.1 Å². The molecular weight excluding hydrogens is 230 g/mol. The highest BCUT2D eigenvalue weighted by molar-refractivity contribution is 5.94. The lowest BCUT2D eigenvalue weighted by atomic mass is 10.2. The summed E-state index contributed by atoms with van der Waals surface area (Å²) in [7, 11) is 1.84. The van der Waals surface area contributed by atoms with Crippen LogP contribution in [0.15, 0.2) is 30.7 Å². The average molecular weight is 245 g/mol. The number of aryl methyl sites for hydroxylation is 1. The minimum atomic E-state index is -0.143. The van der Waals surface area contributed by atoms with E-state index in [-0.39, 0.29) is 5.91 Å². The van der Waals surface area contributed by atoms with Crippen LogP contribution in [0.25, 0.3) is 0 Å². The van der Waals surface area contributed by atoms with E-state index in [0.717, 1.165) is 5.56 Å². The highest BCUT2D eigenvalue weighted by Crippen LogP contribution is 2.02. The predicted molar refractivity (Wildman–Crippen MR) is 66.5 cm³/mol. The maximum absolute atomic E-state index is 11.9. The number of nitrogens with zero attached hydrogens (tertiary/aromatic N) is 3. The van der Waals surface area contributed by atoms with Crippen molar-refractivity contribution >= 4 is 5.91 Å². The Hall–Kier alpha value is -2.21. The highest BCUT2D eigenvalue weighted by Gasteiger charge is 2.06. The topological polar surface area (TPSA) is 85.8 Å². The van der Waals surface area contributed by atoms with E-state index in [2.05, 4.69) is 15.4 Å². The molecule has 0 bridgehead atoms. The molecule has 6 nitrogen and oxygen atoms in total. The van der Waals surface area contributed by atoms with Crippen LogP contribution in [0.1, 0.15) is 21.6 Å². The molecule has 2 aromatic heterocycles. The SMILES string of the molecule is Cn1cc(CNC(=O)c2ccnc(CN)c2)cn1. The normalized spacial score (nSPS) is 10.3. The molecule has 0 aliphatic carbocycles. The van der Waals surface area contributed by atoms with Crippen molar-refractivity contribution in [3.8, 4) is 0 Å². The molecule has 0 saturated heterocycles. The largest absolute Gasteiger partial charge is 0.348 e. The van der Waals surface area contributed by atoms with E-state index >= 15 is 0 Å². The first-order valence-corrected chi connectivity index (χ1v) is 5.60. The van der Waals surface area contributed by atoms with Crippen LogP contribution in [-0.4, -0.2) is 20.7 Å². The lowest BCUT2D eigenvalue weighted by Gasteiger charge is -2.04. The number of hydrogen-bond acceptors (Lipinski definition) is 4. The maximum atomic E-state index is 11.9. The summed E-state index contributed by atoms with van der Waals surface area (Å²) < 4.78 is 1.69. The van der Waals surface area contributed by atoms with Gasteiger partial charge in [-0.25, -0.2) is 0 Å². The zero-order valence-electron chi connectivity index (χ0n) is 10.1. The Balaban J connectivity index is 1.99. The Morgan fingerprint density at radius 1 is 1.56 bits per heavy atom. The number of carbonyl (C=O) groups excluding carboxylic acids is 1. The Labute approximate surface area is 105 Å². The number of nitrogens with one attached hydrogen (secondary N) is 1. The number of amides is 1. The van der Waals surface area contributed by atoms with Crippen LogP contribution in [0, 0.1) is 0 Å². The van der Waals surface area contributed by atoms with Crippen molar-refractivity contribution in [1.29, 1.82) is 0 Å². The number of hydrogen-bond donors (Lipinski definition) is 2. The van der Waals surface area contributed by atoms with Gasteiger partial charge in [-0.2, -0.15) is 5.10 Å². The van der Waals surface area contributed by atoms with E-state index in [4.69, 9.17) is 5.73 Å². The second-order valence-corrected chi connectivity index (χ2v) is 3.94. The minimum Gasteiger partial charge on any atom is -0.348 e. The Kier molecular flexibility index (Phi) is 3.69. The van der Waals surface area contributed by atoms with E-state index < -0.39 is 0 Å². The van der Waals surface area contributed by atoms with Gasteiger partial charge in [-0.3, -0.25) is 14.5 Å². The zero-order valence-corrected chi connectivity index (χ0v) is 10.1. The van der Waals surface area contributed by atoms with Crippen molar-refractivity contribution in [2.24, 2.45) is 12.8 Å². The molecule has 2 rings (SSSR count). The van der Waals surface area contributed by atoms with Gasteiger partial charge in [0.05, 0.1) is 11.9 Å². The van der Waals surface area contributed by atoms with Crippen LogP contribution in [0.3, 0.4) is 0 Å². The van der Waals surface area contributed by atoms with Gasteiger partial charge in [0, 0.05) is 43.7 Å². The summed E-state index contributed by atoms with van der Waals surface area (Å²) in [6, 6.07) is 3.36. The first-order valence-electron chi connectivity index (χ1n) is 5.60. The summed E-state index contributed by atoms with van der Waals surface area (Å²) in [5, 5.41) is 6.85. The summed E-state index contributed by atoms with van der Waals surface area (Å²) in [6.07, 6.45) is 5.16. The number of nitrogens with two attached hydrogens (primary N) is 1. The van der Waals surface area contributed by atoms with Crippen LogP contribution in [-0.2, 0) is 20.1 Å². The molecule has 0 unspecified atom stereocenters. The molecule has 0 spiro atoms. The molecule has 2 aromatic rings. The molecule has 6 heteroatoms. The average Bonchev–Trinajstić information content (AvgIpc) is 2.82. The molecule has 0 fully saturated rings. The summed E-state index contributed by atoms with van der Waals surface area (Å²) in [5.41, 5.74) is 7.70. The van der Waals surface area contributed by atoms with Gasteiger partial charge in [-0.1, -0.05) is 0 Å². The molecule has 3 N–H and O–H groups in total. The number of aromatic nitrogens is 3. The van der Waals surface area contributed by atoms with Gasteiger partial charge in [0.15, 0.2) is 0 Å². The summed E-state index contributed by atoms with van der Waals surface area (Å²) in [4.78, 5) is 15.9. The Morgan fingerprint density at radius 2 is 2.39 bits per heavy atom. The molecule has 0 radical (unpaired) electrons. The van der Waals surface area contributed by atoms with Gasteiger partial charge in [0.1, 0.15) is 0 Å². The van der Waals surface area contributed by atoms with Crippen LogP contribution in [0.5, 0.6) is 0 Å². The first-order chi connectivity index (χ1) is 8.69. The van der Waals surface area contributed by atoms with Crippen LogP contribution < -0.4 is 11.1 Å². The van der Waals surface area contributed by atoms with E-state index in [1.165, 1.54) is 0 Å². The lowest BCUT2D eigenvalue weighted by Crippen LogP contribution is -2.23. The third-order valence-electron chi connectivity index (χ3n) is 2.50. The Bertz CT molecular complexity index is 549. The van der Waals surface area contributed by atoms with Gasteiger partial charge >= 0.3 is 0 Å². The summed E-state index contributed by atoms with van der Waals surface area (Å²) in [6.45, 7) is 0.774. The molecule has 1 amide bonds. The van der Waals surface area contributed by atoms with Crippen molar-refractivity contribution in [3.63, 3.8) is 0 Å². The van der Waals surface area contributed by atoms with E-state index in [9.17, 15) is 4.79 Å². The maximum Gasteiger partial charge on any atom is 0.251 e. The van der Waals surface area contributed by atoms with E-state index in [0.29, 0.717) is 24.3 Å². The predicted octanol–water partition coefficient (Wildman–Crippen LogP) is 0.204. The van der Waals surface area contributed by atoms with Gasteiger partial charge in [0.25, 0.3) is 5.91 Å². The second kappa shape index (κ2) is 5.42. The smallest absolute Gasteiger partial charge is 0.251 e. The molecule has 94 valence electrons. The third-order valence-corrected chi connectivity index (χ3v) is 2.50. The summed E-state index contributed by atoms with van der Waals surface area (Å²) in [5.74, 6) is -0.143. The molecule has 18 heavy (non-hydrogen) atoms. The van der Waals surface area contributed by atoms with Gasteiger partial charge in [-0.05, 0) is 12.1 Å². The number of pyridine rings is 1. The number of carbonyl (C=O) groups is 1. The van der Waals surface area contributed by atoms with Crippen molar-refractivity contribution in [3.05, 3.63) is 47.5 Å². The van der Waals surface area contributed by atoms with Crippen LogP contribution in [0.2, 0.25) is 0 Å². The van der Waals surface area contributed by atoms with E-state index in [1.807, 2.05) is 13.2 Å². The molecule has 0 atom stereocenters. The molecule has 0 saturated carbocycles. The molecule has 0 aromatic carbocycles. The fraction of sp³-hybridized carbons (Fsp3) is 0.250. The second-order valence-electron chi connectivity index (χ2n) is 3.94. The standard InChI is InChI=1S/C12H15N5O/c1-17-8-9(7-16-17)6-15-12(18)10-2-3-14-11(4-10)5-13/h2-4,7-8H,5-6,13H2,1H3,(H,15,18). The van der Waals surface area contributed by atoms with Crippen molar-refractivity contribution in [2.75, 3.05) is 0 Å². The Morgan fingerprint density at radius 3 is 3.06 bits per heavy atom. The minimum absolute atomic E-state index is 0.143. The van der Waals surface area contributed by atoms with Crippen LogP contribution >= 0.6 is 0 Å². The highest BCUT2D eigenvalue weighted by atomic mass is 16.1. The van der Waals surface area contributed by atoms with Crippen molar-refractivity contribution in [2.45, 2.75) is 13.1 Å². The summed E-state index contributed by atoms with van der Waals surface area (Å²) >= 11 is 0. The quantitative estimate of drug-likeness (QED) is 0.806. The van der Waals surface area contributed by atoms with E-state index in [1.54, 1.807) is 29.2 Å². The number of rotatable bonds is 4. The molecule has 0 aliphatic heterocycles. The van der Waals surface area contributed by atoms with Crippen LogP contribution in [0.4, 0.5) is 0 Å². The van der Waals surface area contributed by atoms with Gasteiger partial charge in [-0.15, -0.1) is 0 Å². The molecular formula is C12H15N5O. The van der Waals surface area contributed by atoms with Crippen molar-refractivity contribution < 1.29 is 4.79 Å².